The van der Waals surface area contributed by atoms with Crippen molar-refractivity contribution >= 4 is 38.7 Å². The first-order valence-electron chi connectivity index (χ1n) is 4.97. The van der Waals surface area contributed by atoms with Crippen molar-refractivity contribution < 1.29 is 57.8 Å². The van der Waals surface area contributed by atoms with Gasteiger partial charge in [-0.1, -0.05) is 0 Å². The minimum Gasteiger partial charge on any atom is -0.790 e. The normalized spacial score (nSPS) is 33.8. The SMILES string of the molecule is O=P([O-])([O-])OC[C@H]1O[C@@](O)(COP(=O)(O)O)C(O)[C@H]1O.[Mg+2]. The van der Waals surface area contributed by atoms with E-state index in [1.165, 1.54) is 0 Å². The Balaban J connectivity index is 0.00000400. The van der Waals surface area contributed by atoms with Gasteiger partial charge in [0.2, 0.25) is 5.79 Å². The second kappa shape index (κ2) is 7.60. The zero-order valence-electron chi connectivity index (χ0n) is 10.3. The van der Waals surface area contributed by atoms with E-state index in [-0.39, 0.29) is 23.1 Å². The Bertz CT molecular complexity index is 433. The average molecular weight is 362 g/mol. The van der Waals surface area contributed by atoms with E-state index >= 15 is 0 Å². The molecule has 0 radical (unpaired) electrons. The van der Waals surface area contributed by atoms with Crippen LogP contribution in [-0.4, -0.2) is 85.5 Å². The summed E-state index contributed by atoms with van der Waals surface area (Å²) in [5.41, 5.74) is 0. The Morgan fingerprint density at radius 1 is 1.19 bits per heavy atom. The third-order valence-corrected chi connectivity index (χ3v) is 3.29. The van der Waals surface area contributed by atoms with Crippen molar-refractivity contribution in [3.63, 3.8) is 0 Å². The molecule has 1 fully saturated rings. The molecule has 1 saturated heterocycles. The van der Waals surface area contributed by atoms with Gasteiger partial charge in [0, 0.05) is 0 Å². The number of ether oxygens (including phenoxy) is 1. The molecule has 1 aliphatic heterocycles. The van der Waals surface area contributed by atoms with E-state index < -0.39 is 53.0 Å². The zero-order valence-corrected chi connectivity index (χ0v) is 13.5. The third-order valence-electron chi connectivity index (χ3n) is 2.36. The maximum Gasteiger partial charge on any atom is 2.00 e. The first-order chi connectivity index (χ1) is 8.84. The first-order valence-corrected chi connectivity index (χ1v) is 7.96. The molecule has 0 amide bonds. The van der Waals surface area contributed by atoms with Crippen LogP contribution in [0.4, 0.5) is 0 Å². The maximum absolute atomic E-state index is 10.5. The van der Waals surface area contributed by atoms with Gasteiger partial charge in [-0.3, -0.25) is 4.52 Å². The quantitative estimate of drug-likeness (QED) is 0.223. The van der Waals surface area contributed by atoms with Gasteiger partial charge in [0.1, 0.15) is 24.9 Å². The fourth-order valence-electron chi connectivity index (χ4n) is 1.47. The summed E-state index contributed by atoms with van der Waals surface area (Å²) in [4.78, 5) is 37.4. The van der Waals surface area contributed by atoms with Crippen molar-refractivity contribution in [3.05, 3.63) is 0 Å². The molecule has 12 nitrogen and oxygen atoms in total. The summed E-state index contributed by atoms with van der Waals surface area (Å²) in [5, 5.41) is 28.6. The van der Waals surface area contributed by atoms with Crippen molar-refractivity contribution in [2.75, 3.05) is 13.2 Å². The summed E-state index contributed by atoms with van der Waals surface area (Å²) >= 11 is 0. The summed E-state index contributed by atoms with van der Waals surface area (Å²) in [6, 6.07) is 0. The van der Waals surface area contributed by atoms with Crippen molar-refractivity contribution in [2.45, 2.75) is 24.1 Å². The van der Waals surface area contributed by atoms with Gasteiger partial charge in [-0.2, -0.15) is 0 Å². The molecule has 5 N–H and O–H groups in total. The van der Waals surface area contributed by atoms with E-state index in [9.17, 15) is 34.2 Å². The molecule has 0 aromatic carbocycles. The molecule has 0 aromatic heterocycles. The summed E-state index contributed by atoms with van der Waals surface area (Å²) < 4.78 is 33.1. The van der Waals surface area contributed by atoms with Crippen molar-refractivity contribution in [3.8, 4) is 0 Å². The summed E-state index contributed by atoms with van der Waals surface area (Å²) in [7, 11) is -10.3. The topological polar surface area (TPSA) is 209 Å². The van der Waals surface area contributed by atoms with Crippen LogP contribution in [0, 0.1) is 0 Å². The molecule has 4 atom stereocenters. The van der Waals surface area contributed by atoms with Crippen LogP contribution in [0.1, 0.15) is 0 Å². The van der Waals surface area contributed by atoms with E-state index in [2.05, 4.69) is 13.8 Å². The predicted molar refractivity (Wildman–Crippen MR) is 59.1 cm³/mol. The average Bonchev–Trinajstić information content (AvgIpc) is 2.48. The van der Waals surface area contributed by atoms with Gasteiger partial charge in [0.15, 0.2) is 0 Å². The van der Waals surface area contributed by atoms with Crippen molar-refractivity contribution in [2.24, 2.45) is 0 Å². The number of phosphoric acid groups is 2. The Morgan fingerprint density at radius 2 is 1.71 bits per heavy atom. The fourth-order valence-corrected chi connectivity index (χ4v) is 2.15. The molecule has 0 bridgehead atoms. The molecule has 21 heavy (non-hydrogen) atoms. The molecule has 0 spiro atoms. The number of hydrogen-bond acceptors (Lipinski definition) is 10. The van der Waals surface area contributed by atoms with Crippen molar-refractivity contribution in [1.82, 2.24) is 0 Å². The molecular formula is C6H12MgO12P2. The Labute approximate surface area is 134 Å². The van der Waals surface area contributed by atoms with E-state index in [0.29, 0.717) is 0 Å². The van der Waals surface area contributed by atoms with E-state index in [1.54, 1.807) is 0 Å². The molecule has 0 aliphatic carbocycles. The Hall–Kier alpha value is 0.826. The van der Waals surface area contributed by atoms with Gasteiger partial charge >= 0.3 is 30.9 Å². The molecule has 15 heteroatoms. The summed E-state index contributed by atoms with van der Waals surface area (Å²) in [6.45, 7) is -2.21. The van der Waals surface area contributed by atoms with Gasteiger partial charge in [0.25, 0.3) is 0 Å². The van der Waals surface area contributed by atoms with Gasteiger partial charge in [0.05, 0.1) is 14.4 Å². The standard InChI is InChI=1S/C6H14O12P2.Mg/c7-4-3(1-16-19(10,11)12)18-6(9,5(4)8)2-17-20(13,14)15;/h3-5,7-9H,1-2H2,(H2,10,11,12)(H2,13,14,15);/q;+2/p-2/t3-,4+,5?,6+;/m1./s1. The minimum atomic E-state index is -5.36. The second-order valence-electron chi connectivity index (χ2n) is 3.94. The van der Waals surface area contributed by atoms with Crippen LogP contribution in [0.2, 0.25) is 0 Å². The third kappa shape index (κ3) is 6.85. The van der Waals surface area contributed by atoms with Crippen LogP contribution in [0.3, 0.4) is 0 Å². The molecule has 0 saturated carbocycles. The fraction of sp³-hybridized carbons (Fsp3) is 1.00. The van der Waals surface area contributed by atoms with E-state index in [1.807, 2.05) is 0 Å². The first kappa shape index (κ1) is 21.8. The van der Waals surface area contributed by atoms with Gasteiger partial charge in [-0.25, -0.2) is 4.57 Å². The minimum absolute atomic E-state index is 0. The summed E-state index contributed by atoms with van der Waals surface area (Å²) in [6.07, 6.45) is -5.56. The van der Waals surface area contributed by atoms with Crippen LogP contribution >= 0.6 is 15.6 Å². The van der Waals surface area contributed by atoms with Crippen LogP contribution in [0.25, 0.3) is 0 Å². The molecule has 1 unspecified atom stereocenters. The predicted octanol–water partition coefficient (Wildman–Crippen LogP) is -4.63. The molecule has 1 heterocycles. The van der Waals surface area contributed by atoms with Gasteiger partial charge in [-0.15, -0.1) is 0 Å². The van der Waals surface area contributed by atoms with Crippen LogP contribution in [0.5, 0.6) is 0 Å². The maximum atomic E-state index is 10.5. The smallest absolute Gasteiger partial charge is 0.790 e. The molecular weight excluding hydrogens is 350 g/mol. The number of rotatable bonds is 6. The molecule has 1 rings (SSSR count). The van der Waals surface area contributed by atoms with Crippen LogP contribution in [-0.2, 0) is 22.9 Å². The Kier molecular flexibility index (Phi) is 7.90. The Morgan fingerprint density at radius 3 is 2.14 bits per heavy atom. The van der Waals surface area contributed by atoms with Crippen molar-refractivity contribution in [1.29, 1.82) is 0 Å². The van der Waals surface area contributed by atoms with Crippen LogP contribution in [0.15, 0.2) is 0 Å². The number of phosphoric ester groups is 2. The second-order valence-corrected chi connectivity index (χ2v) is 6.34. The van der Waals surface area contributed by atoms with E-state index in [0.717, 1.165) is 0 Å². The molecule has 1 aliphatic rings. The van der Waals surface area contributed by atoms with Gasteiger partial charge in [-0.05, 0) is 0 Å². The largest absolute Gasteiger partial charge is 2.00 e. The van der Waals surface area contributed by atoms with Gasteiger partial charge < -0.3 is 48.7 Å². The summed E-state index contributed by atoms with van der Waals surface area (Å²) in [5.74, 6) is -2.70. The number of aliphatic hydroxyl groups is 3. The monoisotopic (exact) mass is 362 g/mol. The molecule has 120 valence electrons. The zero-order chi connectivity index (χ0) is 15.8. The molecule has 0 aromatic rings. The van der Waals surface area contributed by atoms with E-state index in [4.69, 9.17) is 9.79 Å². The number of aliphatic hydroxyl groups excluding tert-OH is 2. The number of hydrogen-bond donors (Lipinski definition) is 5. The van der Waals surface area contributed by atoms with Crippen LogP contribution < -0.4 is 9.79 Å².